The summed E-state index contributed by atoms with van der Waals surface area (Å²) in [6, 6.07) is 19.0. The Morgan fingerprint density at radius 3 is 2.32 bits per heavy atom. The molecule has 0 unspecified atom stereocenters. The molecule has 194 valence electrons. The minimum Gasteiger partial charge on any atom is -0.497 e. The van der Waals surface area contributed by atoms with E-state index < -0.39 is 0 Å². The maximum Gasteiger partial charge on any atom is 0.260 e. The van der Waals surface area contributed by atoms with E-state index in [9.17, 15) is 14.0 Å². The van der Waals surface area contributed by atoms with Gasteiger partial charge in [-0.1, -0.05) is 42.0 Å². The summed E-state index contributed by atoms with van der Waals surface area (Å²) in [7, 11) is 1.54. The van der Waals surface area contributed by atoms with Crippen molar-refractivity contribution in [3.05, 3.63) is 94.8 Å². The van der Waals surface area contributed by atoms with Crippen molar-refractivity contribution in [1.29, 1.82) is 0 Å². The van der Waals surface area contributed by atoms with Crippen LogP contribution in [0.5, 0.6) is 11.5 Å². The summed E-state index contributed by atoms with van der Waals surface area (Å²) in [5.41, 5.74) is 3.02. The fourth-order valence-corrected chi connectivity index (χ4v) is 4.61. The highest BCUT2D eigenvalue weighted by Gasteiger charge is 2.32. The molecule has 2 atom stereocenters. The molecule has 1 saturated heterocycles. The van der Waals surface area contributed by atoms with E-state index in [1.54, 1.807) is 49.6 Å². The van der Waals surface area contributed by atoms with Gasteiger partial charge in [0.05, 0.1) is 12.7 Å². The summed E-state index contributed by atoms with van der Waals surface area (Å²) >= 11 is 0. The molecule has 0 aromatic heterocycles. The number of rotatable bonds is 8. The van der Waals surface area contributed by atoms with Gasteiger partial charge in [0.15, 0.2) is 12.4 Å². The molecule has 1 fully saturated rings. The molecule has 0 aliphatic carbocycles. The summed E-state index contributed by atoms with van der Waals surface area (Å²) in [4.78, 5) is 30.5. The highest BCUT2D eigenvalue weighted by molar-refractivity contribution is 6.10. The van der Waals surface area contributed by atoms with Gasteiger partial charge in [-0.3, -0.25) is 14.5 Å². The first-order valence-electron chi connectivity index (χ1n) is 12.5. The molecular formula is C30H33FN2O4. The molecule has 3 aromatic carbocycles. The number of ether oxygens (including phenoxy) is 2. The van der Waals surface area contributed by atoms with Crippen LogP contribution in [-0.2, 0) is 11.3 Å². The monoisotopic (exact) mass is 504 g/mol. The van der Waals surface area contributed by atoms with Crippen LogP contribution in [0.1, 0.15) is 40.9 Å². The number of ketones is 1. The van der Waals surface area contributed by atoms with Crippen molar-refractivity contribution in [1.82, 2.24) is 9.80 Å². The zero-order valence-electron chi connectivity index (χ0n) is 21.7. The molecule has 7 heteroatoms. The van der Waals surface area contributed by atoms with Crippen LogP contribution in [0.2, 0.25) is 0 Å². The number of benzene rings is 3. The number of nitrogens with zero attached hydrogens (tertiary/aromatic N) is 2. The van der Waals surface area contributed by atoms with E-state index in [0.717, 1.165) is 11.1 Å². The largest absolute Gasteiger partial charge is 0.497 e. The quantitative estimate of drug-likeness (QED) is 0.410. The van der Waals surface area contributed by atoms with E-state index in [2.05, 4.69) is 11.8 Å². The highest BCUT2D eigenvalue weighted by Crippen LogP contribution is 2.28. The summed E-state index contributed by atoms with van der Waals surface area (Å²) in [5.74, 6) is 0.285. The van der Waals surface area contributed by atoms with Gasteiger partial charge in [0.25, 0.3) is 5.91 Å². The molecule has 1 aliphatic heterocycles. The lowest BCUT2D eigenvalue weighted by Gasteiger charge is -2.44. The molecule has 4 rings (SSSR count). The van der Waals surface area contributed by atoms with Crippen molar-refractivity contribution >= 4 is 11.7 Å². The Morgan fingerprint density at radius 2 is 1.65 bits per heavy atom. The molecular weight excluding hydrogens is 471 g/mol. The number of methoxy groups -OCH3 is 1. The van der Waals surface area contributed by atoms with Crippen molar-refractivity contribution in [2.45, 2.75) is 39.4 Å². The van der Waals surface area contributed by atoms with Gasteiger partial charge in [-0.25, -0.2) is 4.39 Å². The molecule has 0 N–H and O–H groups in total. The number of amides is 1. The topological polar surface area (TPSA) is 59.1 Å². The van der Waals surface area contributed by atoms with E-state index in [-0.39, 0.29) is 36.2 Å². The van der Waals surface area contributed by atoms with E-state index in [1.807, 2.05) is 30.9 Å². The predicted molar refractivity (Wildman–Crippen MR) is 141 cm³/mol. The van der Waals surface area contributed by atoms with Crippen molar-refractivity contribution in [2.24, 2.45) is 0 Å². The van der Waals surface area contributed by atoms with Crippen molar-refractivity contribution in [3.8, 4) is 11.5 Å². The molecule has 0 bridgehead atoms. The second-order valence-corrected chi connectivity index (χ2v) is 9.65. The van der Waals surface area contributed by atoms with Crippen LogP contribution < -0.4 is 9.47 Å². The second kappa shape index (κ2) is 11.6. The predicted octanol–water partition coefficient (Wildman–Crippen LogP) is 4.87. The average Bonchev–Trinajstić information content (AvgIpc) is 2.90. The zero-order chi connectivity index (χ0) is 26.5. The Morgan fingerprint density at radius 1 is 0.946 bits per heavy atom. The van der Waals surface area contributed by atoms with Gasteiger partial charge in [0, 0.05) is 43.3 Å². The molecule has 3 aromatic rings. The molecule has 0 radical (unpaired) electrons. The fourth-order valence-electron chi connectivity index (χ4n) is 4.61. The molecule has 1 heterocycles. The minimum atomic E-state index is -0.250. The number of carbonyl (C=O) groups excluding carboxylic acids is 2. The van der Waals surface area contributed by atoms with Gasteiger partial charge in [-0.05, 0) is 50.6 Å². The first-order valence-corrected chi connectivity index (χ1v) is 12.5. The van der Waals surface area contributed by atoms with Gasteiger partial charge in [-0.15, -0.1) is 0 Å². The summed E-state index contributed by atoms with van der Waals surface area (Å²) in [6.07, 6.45) is 0. The fraction of sp³-hybridized carbons (Fsp3) is 0.333. The number of halogens is 1. The van der Waals surface area contributed by atoms with Gasteiger partial charge in [0.2, 0.25) is 0 Å². The van der Waals surface area contributed by atoms with Gasteiger partial charge < -0.3 is 14.4 Å². The maximum absolute atomic E-state index is 13.3. The summed E-state index contributed by atoms with van der Waals surface area (Å²) in [5, 5.41) is 0. The number of piperazine rings is 1. The molecule has 0 spiro atoms. The Bertz CT molecular complexity index is 1240. The molecule has 0 saturated carbocycles. The Kier molecular flexibility index (Phi) is 8.24. The Labute approximate surface area is 217 Å². The molecule has 37 heavy (non-hydrogen) atoms. The number of aryl methyl sites for hydroxylation is 1. The summed E-state index contributed by atoms with van der Waals surface area (Å²) < 4.78 is 24.5. The SMILES string of the molecule is COc1ccc(C(=O)c2ccc(C)cc2)c(OCC(=O)N2C[C@@H](C)N(Cc3ccc(F)cc3)C[C@@H]2C)c1. The van der Waals surface area contributed by atoms with Crippen LogP contribution in [-0.4, -0.2) is 60.4 Å². The number of hydrogen-bond acceptors (Lipinski definition) is 5. The Balaban J connectivity index is 1.43. The van der Waals surface area contributed by atoms with Crippen molar-refractivity contribution in [2.75, 3.05) is 26.8 Å². The first-order chi connectivity index (χ1) is 17.7. The zero-order valence-corrected chi connectivity index (χ0v) is 21.7. The molecule has 6 nitrogen and oxygen atoms in total. The van der Waals surface area contributed by atoms with E-state index in [1.165, 1.54) is 12.1 Å². The van der Waals surface area contributed by atoms with Crippen molar-refractivity contribution < 1.29 is 23.5 Å². The lowest BCUT2D eigenvalue weighted by atomic mass is 10.0. The highest BCUT2D eigenvalue weighted by atomic mass is 19.1. The van der Waals surface area contributed by atoms with E-state index in [4.69, 9.17) is 9.47 Å². The van der Waals surface area contributed by atoms with Gasteiger partial charge in [0.1, 0.15) is 17.3 Å². The van der Waals surface area contributed by atoms with Crippen LogP contribution in [0.15, 0.2) is 66.7 Å². The number of hydrogen-bond donors (Lipinski definition) is 0. The summed E-state index contributed by atoms with van der Waals surface area (Å²) in [6.45, 7) is 7.82. The van der Waals surface area contributed by atoms with Crippen LogP contribution in [0.25, 0.3) is 0 Å². The smallest absolute Gasteiger partial charge is 0.260 e. The molecule has 1 aliphatic rings. The second-order valence-electron chi connectivity index (χ2n) is 9.65. The van der Waals surface area contributed by atoms with Crippen LogP contribution >= 0.6 is 0 Å². The third-order valence-corrected chi connectivity index (χ3v) is 6.83. The van der Waals surface area contributed by atoms with Crippen LogP contribution in [0, 0.1) is 12.7 Å². The lowest BCUT2D eigenvalue weighted by molar-refractivity contribution is -0.139. The van der Waals surface area contributed by atoms with Crippen molar-refractivity contribution in [3.63, 3.8) is 0 Å². The Hall–Kier alpha value is -3.71. The molecule has 1 amide bonds. The number of carbonyl (C=O) groups is 2. The minimum absolute atomic E-state index is 0.0216. The van der Waals surface area contributed by atoms with Gasteiger partial charge >= 0.3 is 0 Å². The van der Waals surface area contributed by atoms with Crippen LogP contribution in [0.4, 0.5) is 4.39 Å². The standard InChI is InChI=1S/C30H33FN2O4/c1-20-5-9-24(10-6-20)30(35)27-14-13-26(36-4)15-28(27)37-19-29(34)33-17-21(2)32(16-22(33)3)18-23-7-11-25(31)12-8-23/h5-15,21-22H,16-19H2,1-4H3/t21-,22+/m1/s1. The van der Waals surface area contributed by atoms with E-state index >= 15 is 0 Å². The van der Waals surface area contributed by atoms with Gasteiger partial charge in [-0.2, -0.15) is 0 Å². The first kappa shape index (κ1) is 26.4. The normalized spacial score (nSPS) is 17.9. The lowest BCUT2D eigenvalue weighted by Crippen LogP contribution is -2.58. The van der Waals surface area contributed by atoms with E-state index in [0.29, 0.717) is 42.3 Å². The average molecular weight is 505 g/mol. The third-order valence-electron chi connectivity index (χ3n) is 6.83. The maximum atomic E-state index is 13.3. The third kappa shape index (κ3) is 6.35. The van der Waals surface area contributed by atoms with Crippen LogP contribution in [0.3, 0.4) is 0 Å².